The number of anilines is 3. The van der Waals surface area contributed by atoms with Gasteiger partial charge in [0.2, 0.25) is 11.6 Å². The minimum absolute atomic E-state index is 0.0722. The summed E-state index contributed by atoms with van der Waals surface area (Å²) in [6.45, 7) is 0. The average molecular weight is 326 g/mol. The first kappa shape index (κ1) is 15.6. The molecule has 22 heavy (non-hydrogen) atoms. The first-order valence-corrected chi connectivity index (χ1v) is 6.29. The van der Waals surface area contributed by atoms with Crippen LogP contribution in [0.3, 0.4) is 0 Å². The van der Waals surface area contributed by atoms with Crippen LogP contribution in [0, 0.1) is 10.1 Å². The molecule has 10 heteroatoms. The molecule has 1 aromatic carbocycles. The summed E-state index contributed by atoms with van der Waals surface area (Å²) in [5.74, 6) is 0.451. The van der Waals surface area contributed by atoms with Gasteiger partial charge in [0, 0.05) is 6.07 Å². The van der Waals surface area contributed by atoms with Crippen LogP contribution in [0.15, 0.2) is 18.5 Å². The summed E-state index contributed by atoms with van der Waals surface area (Å²) < 4.78 is 10.3. The van der Waals surface area contributed by atoms with Crippen molar-refractivity contribution in [2.24, 2.45) is 0 Å². The molecule has 0 radical (unpaired) electrons. The summed E-state index contributed by atoms with van der Waals surface area (Å²) in [6, 6.07) is 3.04. The molecule has 1 aromatic heterocycles. The van der Waals surface area contributed by atoms with Gasteiger partial charge in [0.05, 0.1) is 29.9 Å². The number of ether oxygens (including phenoxy) is 2. The van der Waals surface area contributed by atoms with E-state index in [1.807, 2.05) is 0 Å². The Morgan fingerprint density at radius 2 is 1.95 bits per heavy atom. The zero-order valence-corrected chi connectivity index (χ0v) is 12.4. The van der Waals surface area contributed by atoms with Gasteiger partial charge in [0.25, 0.3) is 0 Å². The Hall–Kier alpha value is -2.81. The van der Waals surface area contributed by atoms with Crippen LogP contribution >= 0.6 is 11.6 Å². The Morgan fingerprint density at radius 1 is 1.27 bits per heavy atom. The SMILES string of the molecule is COc1cc(OC)c(Nc2ncnc(N)c2[N+](=O)[O-])cc1Cl. The van der Waals surface area contributed by atoms with Crippen molar-refractivity contribution in [3.05, 3.63) is 33.6 Å². The van der Waals surface area contributed by atoms with Gasteiger partial charge in [-0.2, -0.15) is 0 Å². The number of nitrogens with two attached hydrogens (primary N) is 1. The molecule has 116 valence electrons. The predicted molar refractivity (Wildman–Crippen MR) is 80.9 cm³/mol. The topological polar surface area (TPSA) is 125 Å². The first-order valence-electron chi connectivity index (χ1n) is 5.91. The van der Waals surface area contributed by atoms with Gasteiger partial charge in [0.1, 0.15) is 17.8 Å². The van der Waals surface area contributed by atoms with Crippen molar-refractivity contribution in [1.82, 2.24) is 9.97 Å². The summed E-state index contributed by atoms with van der Waals surface area (Å²) in [6.07, 6.45) is 1.11. The first-order chi connectivity index (χ1) is 10.5. The third-order valence-electron chi connectivity index (χ3n) is 2.76. The van der Waals surface area contributed by atoms with Gasteiger partial charge in [-0.25, -0.2) is 9.97 Å². The van der Waals surface area contributed by atoms with E-state index in [-0.39, 0.29) is 11.6 Å². The molecule has 0 bridgehead atoms. The van der Waals surface area contributed by atoms with Gasteiger partial charge in [-0.1, -0.05) is 11.6 Å². The standard InChI is InChI=1S/C12H12ClN5O4/c1-21-8-4-9(22-2)7(3-6(8)13)17-12-10(18(19)20)11(14)15-5-16-12/h3-5H,1-2H3,(H3,14,15,16,17). The fraction of sp³-hybridized carbons (Fsp3) is 0.167. The van der Waals surface area contributed by atoms with E-state index in [0.29, 0.717) is 22.2 Å². The molecule has 0 aliphatic heterocycles. The normalized spacial score (nSPS) is 10.1. The fourth-order valence-electron chi connectivity index (χ4n) is 1.75. The summed E-state index contributed by atoms with van der Waals surface area (Å²) in [7, 11) is 2.90. The maximum Gasteiger partial charge on any atom is 0.353 e. The number of nitrogens with one attached hydrogen (secondary N) is 1. The molecule has 9 nitrogen and oxygen atoms in total. The number of nitro groups is 1. The molecule has 0 saturated heterocycles. The quantitative estimate of drug-likeness (QED) is 0.634. The second-order valence-electron chi connectivity index (χ2n) is 4.03. The minimum Gasteiger partial charge on any atom is -0.495 e. The van der Waals surface area contributed by atoms with E-state index in [1.165, 1.54) is 20.3 Å². The Kier molecular flexibility index (Phi) is 4.47. The Labute approximate surface area is 130 Å². The smallest absolute Gasteiger partial charge is 0.353 e. The zero-order chi connectivity index (χ0) is 16.3. The van der Waals surface area contributed by atoms with Crippen molar-refractivity contribution in [1.29, 1.82) is 0 Å². The van der Waals surface area contributed by atoms with Crippen molar-refractivity contribution < 1.29 is 14.4 Å². The molecule has 0 amide bonds. The lowest BCUT2D eigenvalue weighted by molar-refractivity contribution is -0.383. The Bertz CT molecular complexity index is 725. The van der Waals surface area contributed by atoms with Crippen LogP contribution in [-0.4, -0.2) is 29.1 Å². The molecule has 0 aliphatic rings. The number of hydrogen-bond donors (Lipinski definition) is 2. The molecule has 2 aromatic rings. The fourth-order valence-corrected chi connectivity index (χ4v) is 1.99. The highest BCUT2D eigenvalue weighted by atomic mass is 35.5. The molecular weight excluding hydrogens is 314 g/mol. The van der Waals surface area contributed by atoms with Crippen LogP contribution < -0.4 is 20.5 Å². The van der Waals surface area contributed by atoms with E-state index in [2.05, 4.69) is 15.3 Å². The van der Waals surface area contributed by atoms with Crippen molar-refractivity contribution in [2.75, 3.05) is 25.3 Å². The molecule has 1 heterocycles. The minimum atomic E-state index is -0.671. The van der Waals surface area contributed by atoms with Crippen molar-refractivity contribution in [3.8, 4) is 11.5 Å². The van der Waals surface area contributed by atoms with Gasteiger partial charge in [-0.3, -0.25) is 10.1 Å². The predicted octanol–water partition coefficient (Wildman–Crippen LogP) is 2.38. The Morgan fingerprint density at radius 3 is 2.55 bits per heavy atom. The molecular formula is C12H12ClN5O4. The summed E-state index contributed by atoms with van der Waals surface area (Å²) in [5, 5.41) is 14.2. The van der Waals surface area contributed by atoms with Gasteiger partial charge in [0.15, 0.2) is 0 Å². The van der Waals surface area contributed by atoms with E-state index in [0.717, 1.165) is 6.33 Å². The second-order valence-corrected chi connectivity index (χ2v) is 4.43. The van der Waals surface area contributed by atoms with E-state index < -0.39 is 10.6 Å². The number of halogens is 1. The number of hydrogen-bond acceptors (Lipinski definition) is 8. The van der Waals surface area contributed by atoms with Crippen LogP contribution in [0.1, 0.15) is 0 Å². The lowest BCUT2D eigenvalue weighted by Gasteiger charge is -2.13. The molecule has 0 aliphatic carbocycles. The maximum atomic E-state index is 11.1. The summed E-state index contributed by atoms with van der Waals surface area (Å²) in [4.78, 5) is 17.8. The number of benzene rings is 1. The van der Waals surface area contributed by atoms with Crippen molar-refractivity contribution >= 4 is 34.6 Å². The average Bonchev–Trinajstić information content (AvgIpc) is 2.47. The molecule has 2 rings (SSSR count). The monoisotopic (exact) mass is 325 g/mol. The zero-order valence-electron chi connectivity index (χ0n) is 11.7. The second kappa shape index (κ2) is 6.31. The highest BCUT2D eigenvalue weighted by Gasteiger charge is 2.22. The van der Waals surface area contributed by atoms with E-state index >= 15 is 0 Å². The molecule has 0 unspecified atom stereocenters. The van der Waals surface area contributed by atoms with E-state index in [4.69, 9.17) is 26.8 Å². The van der Waals surface area contributed by atoms with Crippen LogP contribution in [0.5, 0.6) is 11.5 Å². The highest BCUT2D eigenvalue weighted by molar-refractivity contribution is 6.32. The van der Waals surface area contributed by atoms with Crippen LogP contribution in [0.2, 0.25) is 5.02 Å². The molecule has 0 spiro atoms. The number of rotatable bonds is 5. The number of aromatic nitrogens is 2. The maximum absolute atomic E-state index is 11.1. The van der Waals surface area contributed by atoms with Gasteiger partial charge < -0.3 is 20.5 Å². The number of nitrogens with zero attached hydrogens (tertiary/aromatic N) is 3. The van der Waals surface area contributed by atoms with E-state index in [9.17, 15) is 10.1 Å². The third-order valence-corrected chi connectivity index (χ3v) is 3.06. The van der Waals surface area contributed by atoms with Gasteiger partial charge >= 0.3 is 5.69 Å². The van der Waals surface area contributed by atoms with Crippen LogP contribution in [-0.2, 0) is 0 Å². The Balaban J connectivity index is 2.50. The summed E-state index contributed by atoms with van der Waals surface area (Å²) in [5.41, 5.74) is 5.45. The van der Waals surface area contributed by atoms with Gasteiger partial charge in [-0.05, 0) is 6.07 Å². The lowest BCUT2D eigenvalue weighted by Crippen LogP contribution is -2.05. The molecule has 0 fully saturated rings. The van der Waals surface area contributed by atoms with E-state index in [1.54, 1.807) is 6.07 Å². The summed E-state index contributed by atoms with van der Waals surface area (Å²) >= 11 is 6.05. The van der Waals surface area contributed by atoms with Crippen LogP contribution in [0.4, 0.5) is 23.0 Å². The van der Waals surface area contributed by atoms with Crippen molar-refractivity contribution in [3.63, 3.8) is 0 Å². The lowest BCUT2D eigenvalue weighted by atomic mass is 10.2. The largest absolute Gasteiger partial charge is 0.495 e. The number of nitrogen functional groups attached to an aromatic ring is 1. The molecule has 0 atom stereocenters. The molecule has 0 saturated carbocycles. The third kappa shape index (κ3) is 2.93. The van der Waals surface area contributed by atoms with Crippen molar-refractivity contribution in [2.45, 2.75) is 0 Å². The van der Waals surface area contributed by atoms with Crippen LogP contribution in [0.25, 0.3) is 0 Å². The highest BCUT2D eigenvalue weighted by Crippen LogP contribution is 2.38. The van der Waals surface area contributed by atoms with Gasteiger partial charge in [-0.15, -0.1) is 0 Å². The molecule has 3 N–H and O–H groups in total. The number of methoxy groups -OCH3 is 2.